The lowest BCUT2D eigenvalue weighted by atomic mass is 9.89. The lowest BCUT2D eigenvalue weighted by Gasteiger charge is -2.31. The van der Waals surface area contributed by atoms with E-state index in [2.05, 4.69) is 193 Å². The third-order valence-electron chi connectivity index (χ3n) is 8.64. The molecule has 0 aliphatic rings. The number of hydrogen-bond donors (Lipinski definition) is 0. The van der Waals surface area contributed by atoms with E-state index in [0.29, 0.717) is 0 Å². The topological polar surface area (TPSA) is 3.24 Å². The molecule has 1 heteroatoms. The van der Waals surface area contributed by atoms with E-state index < -0.39 is 0 Å². The minimum atomic E-state index is 1.12. The summed E-state index contributed by atoms with van der Waals surface area (Å²) in [4.78, 5) is 2.45. The van der Waals surface area contributed by atoms with Crippen LogP contribution in [0.3, 0.4) is 0 Å². The quantitative estimate of drug-likeness (QED) is 0.179. The smallest absolute Gasteiger partial charge is 0.0624 e. The fourth-order valence-electron chi connectivity index (χ4n) is 6.55. The summed E-state index contributed by atoms with van der Waals surface area (Å²) in [6.07, 6.45) is 0. The molecule has 8 aromatic rings. The van der Waals surface area contributed by atoms with Gasteiger partial charge in [-0.05, 0) is 68.2 Å². The van der Waals surface area contributed by atoms with Gasteiger partial charge in [0.25, 0.3) is 0 Å². The van der Waals surface area contributed by atoms with Gasteiger partial charge in [-0.1, -0.05) is 164 Å². The van der Waals surface area contributed by atoms with E-state index in [1.165, 1.54) is 60.6 Å². The summed E-state index contributed by atoms with van der Waals surface area (Å²) in [5.74, 6) is 0. The molecule has 0 fully saturated rings. The van der Waals surface area contributed by atoms with Crippen LogP contribution in [0, 0.1) is 0 Å². The van der Waals surface area contributed by atoms with Crippen LogP contribution in [0.25, 0.3) is 54.9 Å². The molecule has 0 heterocycles. The van der Waals surface area contributed by atoms with Gasteiger partial charge in [0.1, 0.15) is 0 Å². The van der Waals surface area contributed by atoms with Crippen molar-refractivity contribution in [3.8, 4) is 33.4 Å². The summed E-state index contributed by atoms with van der Waals surface area (Å²) in [6, 6.07) is 67.6. The summed E-state index contributed by atoms with van der Waals surface area (Å²) in [5.41, 5.74) is 10.6. The van der Waals surface area contributed by atoms with Crippen LogP contribution in [0.4, 0.5) is 17.1 Å². The Labute approximate surface area is 264 Å². The van der Waals surface area contributed by atoms with Crippen LogP contribution in [-0.4, -0.2) is 0 Å². The van der Waals surface area contributed by atoms with Crippen molar-refractivity contribution in [2.75, 3.05) is 4.90 Å². The van der Waals surface area contributed by atoms with Crippen molar-refractivity contribution in [3.05, 3.63) is 188 Å². The predicted octanol–water partition coefficient (Wildman–Crippen LogP) is 12.5. The van der Waals surface area contributed by atoms with Gasteiger partial charge >= 0.3 is 0 Å². The Balaban J connectivity index is 1.45. The van der Waals surface area contributed by atoms with Gasteiger partial charge in [0.15, 0.2) is 0 Å². The van der Waals surface area contributed by atoms with Crippen molar-refractivity contribution in [1.29, 1.82) is 0 Å². The molecule has 0 bridgehead atoms. The summed E-state index contributed by atoms with van der Waals surface area (Å²) in [6.45, 7) is 0. The van der Waals surface area contributed by atoms with Gasteiger partial charge in [-0.2, -0.15) is 0 Å². The SMILES string of the molecule is c1ccc(-c2ccc(-c3c(N(c4ccccc4)c4cccc(-c5ccccc5)c4)c4ccccc4c4ccccc34)cc2)cc1. The highest BCUT2D eigenvalue weighted by atomic mass is 15.1. The minimum Gasteiger partial charge on any atom is -0.309 e. The van der Waals surface area contributed by atoms with E-state index in [9.17, 15) is 0 Å². The molecule has 0 unspecified atom stereocenters. The second kappa shape index (κ2) is 11.6. The van der Waals surface area contributed by atoms with Crippen LogP contribution >= 0.6 is 0 Å². The summed E-state index contributed by atoms with van der Waals surface area (Å²) in [5, 5.41) is 4.95. The molecule has 0 aliphatic heterocycles. The Kier molecular flexibility index (Phi) is 6.90. The second-order valence-corrected chi connectivity index (χ2v) is 11.3. The molecular formula is C44H31N. The molecule has 0 atom stereocenters. The maximum atomic E-state index is 2.45. The number of fused-ring (bicyclic) bond motifs is 3. The van der Waals surface area contributed by atoms with E-state index in [-0.39, 0.29) is 0 Å². The number of nitrogens with zero attached hydrogens (tertiary/aromatic N) is 1. The molecule has 0 aromatic heterocycles. The third kappa shape index (κ3) is 4.95. The summed E-state index contributed by atoms with van der Waals surface area (Å²) >= 11 is 0. The van der Waals surface area contributed by atoms with E-state index in [4.69, 9.17) is 0 Å². The molecular weight excluding hydrogens is 542 g/mol. The van der Waals surface area contributed by atoms with Crippen LogP contribution in [0.1, 0.15) is 0 Å². The van der Waals surface area contributed by atoms with Gasteiger partial charge in [0.05, 0.1) is 5.69 Å². The second-order valence-electron chi connectivity index (χ2n) is 11.3. The molecule has 0 aliphatic carbocycles. The summed E-state index contributed by atoms with van der Waals surface area (Å²) < 4.78 is 0. The van der Waals surface area contributed by atoms with E-state index >= 15 is 0 Å². The zero-order valence-corrected chi connectivity index (χ0v) is 24.8. The van der Waals surface area contributed by atoms with Gasteiger partial charge in [0, 0.05) is 22.3 Å². The molecule has 0 N–H and O–H groups in total. The number of rotatable bonds is 6. The Morgan fingerprint density at radius 1 is 0.267 bits per heavy atom. The first-order valence-corrected chi connectivity index (χ1v) is 15.5. The van der Waals surface area contributed by atoms with Crippen molar-refractivity contribution < 1.29 is 0 Å². The molecule has 1 nitrogen and oxygen atoms in total. The number of para-hydroxylation sites is 1. The standard InChI is InChI=1S/C44H31N/c1-4-15-32(16-5-1)34-27-29-35(30-28-34)43-41-25-12-10-23-39(41)40-24-11-13-26-42(40)44(43)45(37-20-8-3-9-21-37)38-22-14-19-36(31-38)33-17-6-2-7-18-33/h1-31H. The molecule has 0 spiro atoms. The predicted molar refractivity (Wildman–Crippen MR) is 192 cm³/mol. The van der Waals surface area contributed by atoms with Crippen molar-refractivity contribution in [1.82, 2.24) is 0 Å². The molecule has 8 rings (SSSR count). The summed E-state index contributed by atoms with van der Waals surface area (Å²) in [7, 11) is 0. The van der Waals surface area contributed by atoms with Crippen molar-refractivity contribution in [2.24, 2.45) is 0 Å². The van der Waals surface area contributed by atoms with Gasteiger partial charge in [-0.25, -0.2) is 0 Å². The van der Waals surface area contributed by atoms with Crippen LogP contribution in [0.5, 0.6) is 0 Å². The Bertz CT molecular complexity index is 2240. The number of anilines is 3. The average molecular weight is 574 g/mol. The highest BCUT2D eigenvalue weighted by molar-refractivity contribution is 6.22. The lowest BCUT2D eigenvalue weighted by molar-refractivity contribution is 1.30. The first-order chi connectivity index (χ1) is 22.3. The van der Waals surface area contributed by atoms with Crippen molar-refractivity contribution in [2.45, 2.75) is 0 Å². The highest BCUT2D eigenvalue weighted by Crippen LogP contribution is 2.49. The Morgan fingerprint density at radius 3 is 1.33 bits per heavy atom. The molecule has 8 aromatic carbocycles. The van der Waals surface area contributed by atoms with Crippen molar-refractivity contribution >= 4 is 38.6 Å². The van der Waals surface area contributed by atoms with Crippen LogP contribution in [0.2, 0.25) is 0 Å². The number of hydrogen-bond acceptors (Lipinski definition) is 1. The van der Waals surface area contributed by atoms with Crippen LogP contribution < -0.4 is 4.90 Å². The molecule has 0 radical (unpaired) electrons. The zero-order valence-electron chi connectivity index (χ0n) is 24.8. The van der Waals surface area contributed by atoms with Gasteiger partial charge < -0.3 is 4.90 Å². The van der Waals surface area contributed by atoms with Gasteiger partial charge in [0.2, 0.25) is 0 Å². The Morgan fingerprint density at radius 2 is 0.689 bits per heavy atom. The normalized spacial score (nSPS) is 11.1. The Hall–Kier alpha value is -5.92. The zero-order chi connectivity index (χ0) is 30.0. The molecule has 0 saturated heterocycles. The number of benzene rings is 8. The molecule has 0 amide bonds. The highest BCUT2D eigenvalue weighted by Gasteiger charge is 2.23. The lowest BCUT2D eigenvalue weighted by Crippen LogP contribution is -2.12. The van der Waals surface area contributed by atoms with E-state index in [1.807, 2.05) is 0 Å². The van der Waals surface area contributed by atoms with Crippen LogP contribution in [-0.2, 0) is 0 Å². The van der Waals surface area contributed by atoms with Gasteiger partial charge in [-0.15, -0.1) is 0 Å². The fraction of sp³-hybridized carbons (Fsp3) is 0. The maximum Gasteiger partial charge on any atom is 0.0624 e. The van der Waals surface area contributed by atoms with Gasteiger partial charge in [-0.3, -0.25) is 0 Å². The largest absolute Gasteiger partial charge is 0.309 e. The monoisotopic (exact) mass is 573 g/mol. The fourth-order valence-corrected chi connectivity index (χ4v) is 6.55. The minimum absolute atomic E-state index is 1.12. The van der Waals surface area contributed by atoms with E-state index in [1.54, 1.807) is 0 Å². The molecule has 0 saturated carbocycles. The average Bonchev–Trinajstić information content (AvgIpc) is 3.13. The third-order valence-corrected chi connectivity index (χ3v) is 8.64. The first kappa shape index (κ1) is 26.7. The van der Waals surface area contributed by atoms with E-state index in [0.717, 1.165) is 11.4 Å². The molecule has 212 valence electrons. The molecule has 45 heavy (non-hydrogen) atoms. The maximum absolute atomic E-state index is 2.45. The first-order valence-electron chi connectivity index (χ1n) is 15.5. The van der Waals surface area contributed by atoms with Crippen LogP contribution in [0.15, 0.2) is 188 Å². The van der Waals surface area contributed by atoms with Crippen molar-refractivity contribution in [3.63, 3.8) is 0 Å².